The molecule has 3 aromatic rings. The van der Waals surface area contributed by atoms with Crippen LogP contribution in [0.4, 0.5) is 0 Å². The number of carbonyl (C=O) groups is 2. The van der Waals surface area contributed by atoms with Gasteiger partial charge in [0, 0.05) is 33.7 Å². The molecule has 0 spiro atoms. The van der Waals surface area contributed by atoms with Crippen molar-refractivity contribution in [3.05, 3.63) is 125 Å². The highest BCUT2D eigenvalue weighted by Crippen LogP contribution is 2.78. The van der Waals surface area contributed by atoms with Crippen LogP contribution in [-0.2, 0) is 56.5 Å². The summed E-state index contributed by atoms with van der Waals surface area (Å²) in [5, 5.41) is 11.4. The van der Waals surface area contributed by atoms with Gasteiger partial charge in [-0.3, -0.25) is 9.59 Å². The quantitative estimate of drug-likeness (QED) is 0.0790. The average Bonchev–Trinajstić information content (AvgIpc) is 1.55. The van der Waals surface area contributed by atoms with E-state index in [-0.39, 0.29) is 107 Å². The number of hydrogen-bond acceptors (Lipinski definition) is 10. The van der Waals surface area contributed by atoms with Crippen LogP contribution in [0.3, 0.4) is 0 Å². The maximum absolute atomic E-state index is 14.7. The van der Waals surface area contributed by atoms with Gasteiger partial charge in [0.25, 0.3) is 0 Å². The number of aliphatic hydroxyl groups excluding tert-OH is 1. The van der Waals surface area contributed by atoms with Crippen LogP contribution >= 0.6 is 0 Å². The maximum Gasteiger partial charge on any atom is 0.310 e. The van der Waals surface area contributed by atoms with Gasteiger partial charge in [-0.2, -0.15) is 4.31 Å². The molecule has 24 atom stereocenters. The highest BCUT2D eigenvalue weighted by molar-refractivity contribution is 7.89. The van der Waals surface area contributed by atoms with E-state index < -0.39 is 10.0 Å². The maximum atomic E-state index is 14.7. The number of ether oxygens (including phenoxy) is 5. The molecule has 0 radical (unpaired) electrons. The van der Waals surface area contributed by atoms with Crippen LogP contribution in [0.5, 0.6) is 0 Å². The lowest BCUT2D eigenvalue weighted by atomic mass is 9.34. The Balaban J connectivity index is 0.000000167. The van der Waals surface area contributed by atoms with Crippen molar-refractivity contribution < 1.29 is 46.8 Å². The Morgan fingerprint density at radius 2 is 0.991 bits per heavy atom. The Labute approximate surface area is 655 Å². The van der Waals surface area contributed by atoms with Crippen molar-refractivity contribution in [1.82, 2.24) is 4.31 Å². The fraction of sp³-hybridized carbons (Fsp3) is 0.750. The number of sulfonamides is 1. The summed E-state index contributed by atoms with van der Waals surface area (Å²) in [7, 11) is -3.30. The monoisotopic (exact) mass is 1500 g/mol. The van der Waals surface area contributed by atoms with E-state index in [1.54, 1.807) is 27.6 Å². The van der Waals surface area contributed by atoms with Crippen LogP contribution in [0.1, 0.15) is 253 Å². The minimum Gasteiger partial charge on any atom is -0.461 e. The predicted molar refractivity (Wildman–Crippen MR) is 435 cm³/mol. The van der Waals surface area contributed by atoms with Gasteiger partial charge in [-0.15, -0.1) is 0 Å². The number of hydrogen-bond donors (Lipinski definition) is 1. The van der Waals surface area contributed by atoms with Crippen LogP contribution < -0.4 is 0 Å². The molecule has 3 heterocycles. The van der Waals surface area contributed by atoms with Gasteiger partial charge in [-0.25, -0.2) is 8.42 Å². The van der Waals surface area contributed by atoms with Crippen molar-refractivity contribution in [2.24, 2.45) is 142 Å². The third-order valence-corrected chi connectivity index (χ3v) is 37.2. The fourth-order valence-electron chi connectivity index (χ4n) is 26.4. The highest BCUT2D eigenvalue weighted by atomic mass is 32.2. The molecule has 3 aliphatic heterocycles. The molecule has 1 N–H and O–H groups in total. The van der Waals surface area contributed by atoms with Gasteiger partial charge < -0.3 is 28.8 Å². The molecule has 3 saturated heterocycles. The molecule has 1 unspecified atom stereocenters. The van der Waals surface area contributed by atoms with Gasteiger partial charge in [-0.05, 0) is 223 Å². The predicted octanol–water partition coefficient (Wildman–Crippen LogP) is 21.6. The van der Waals surface area contributed by atoms with E-state index in [0.29, 0.717) is 96.4 Å². The highest BCUT2D eigenvalue weighted by Gasteiger charge is 2.74. The second-order valence-electron chi connectivity index (χ2n) is 42.2. The molecule has 4 bridgehead atoms. The first-order chi connectivity index (χ1) is 50.4. The summed E-state index contributed by atoms with van der Waals surface area (Å²) in [5.41, 5.74) is 5.63. The molecule has 11 aliphatic rings. The molecule has 8 aliphatic carbocycles. The molecular weight excluding hydrogens is 1360 g/mol. The molecule has 0 amide bonds. The number of aryl methyl sites for hydroxylation is 1. The second kappa shape index (κ2) is 29.6. The van der Waals surface area contributed by atoms with Crippen LogP contribution in [-0.4, -0.2) is 87.1 Å². The fourth-order valence-corrected chi connectivity index (χ4v) is 28.3. The molecular formula is C96H145NO10S. The lowest BCUT2D eigenvalue weighted by Crippen LogP contribution is -2.69. The number of esters is 2. The molecule has 9 fully saturated rings. The Bertz CT molecular complexity index is 3900. The lowest BCUT2D eigenvalue weighted by Gasteiger charge is -2.71. The van der Waals surface area contributed by atoms with Crippen molar-refractivity contribution in [2.45, 2.75) is 279 Å². The Kier molecular flexibility index (Phi) is 22.8. The normalized spacial score (nSPS) is 42.0. The lowest BCUT2D eigenvalue weighted by molar-refractivity contribution is -0.255. The SMILES string of the molecule is CC(C)[C@@H](C)[C@@]1(C)CC[C@]2(C)[C@H]3CC[C@@H]4[C@@]5(COC[C@]4(C)[C@@H](O)[C@H](C)C5)C3=CC[C@@]2(C)[C@@H]1C(=O)OCc1ccccc1.CC(C)[C@@H](C)[C@@]1(C)CC[C@]2(C)[C@H]3CC[C@@H]4[C@@]5(COC[C@]4(C)[C@@H](OCC(C)(C)C(C)C)[C@H](C)C5)C3=CC[C@@]2(C)[C@@H]1C(=O)OCc1ccccc1.Cc1ccc(S(=O)(=O)N2C[C@]2(C)C(C)C)cc1. The molecule has 14 rings (SSSR count). The summed E-state index contributed by atoms with van der Waals surface area (Å²) in [4.78, 5) is 29.6. The standard InChI is InChI=1S/C45H70O4.C38H56O4.C13H19NO2S/c1-29(2)32(6)41(9)22-23-43(11)34-18-19-36-42(10)27-47-28-45(36,24-31(5)38(42)49-26-40(7,8)30(3)4)35(34)20-21-44(43,12)37(41)39(46)48-25-33-16-14-13-15-17-33;1-24(2)26(4)34(5)18-19-36(7)28-14-15-30-35(6)22-41-23-38(30,20-25(3)32(35)39)29(28)16-17-37(36,8)31(34)33(40)42-21-27-12-10-9-11-13-27;1-10(2)13(4)9-14(13)17(15,16)12-7-5-11(3)6-8-12/h13-17,20,29-32,34,36-38H,18-19,21-28H2,1-12H3;9-13,16,24-26,28,30-32,39H,14-15,17-23H2,1-8H3;5-8,10H,9H2,1-4H3/t31-,32-,34+,36+,37-,38+,41-,42+,43-,44+,45+;25-,26-,28+,30+,31-,32+,34-,35+,36-,37+,38+;13-,14?/m111/s1. The summed E-state index contributed by atoms with van der Waals surface area (Å²) in [6, 6.07) is 27.4. The first kappa shape index (κ1) is 83.3. The van der Waals surface area contributed by atoms with Crippen molar-refractivity contribution in [2.75, 3.05) is 39.6 Å². The number of fused-ring (bicyclic) bond motifs is 6. The minimum atomic E-state index is -3.30. The topological polar surface area (TPSA) is 138 Å². The summed E-state index contributed by atoms with van der Waals surface area (Å²) in [5.74, 6) is 5.03. The first-order valence-corrected chi connectivity index (χ1v) is 44.2. The summed E-state index contributed by atoms with van der Waals surface area (Å²) >= 11 is 0. The zero-order valence-electron chi connectivity index (χ0n) is 71.6. The second-order valence-corrected chi connectivity index (χ2v) is 44.1. The number of aliphatic hydroxyl groups is 1. The van der Waals surface area contributed by atoms with E-state index in [1.165, 1.54) is 12.8 Å². The molecule has 108 heavy (non-hydrogen) atoms. The van der Waals surface area contributed by atoms with E-state index in [4.69, 9.17) is 23.7 Å². The van der Waals surface area contributed by atoms with Crippen molar-refractivity contribution >= 4 is 22.0 Å². The molecule has 0 aromatic heterocycles. The van der Waals surface area contributed by atoms with E-state index in [0.717, 1.165) is 107 Å². The van der Waals surface area contributed by atoms with E-state index in [2.05, 4.69) is 177 Å². The Morgan fingerprint density at radius 1 is 0.565 bits per heavy atom. The molecule has 6 saturated carbocycles. The first-order valence-electron chi connectivity index (χ1n) is 42.8. The van der Waals surface area contributed by atoms with E-state index >= 15 is 0 Å². The van der Waals surface area contributed by atoms with Gasteiger partial charge in [0.1, 0.15) is 13.2 Å². The third kappa shape index (κ3) is 13.3. The van der Waals surface area contributed by atoms with Gasteiger partial charge in [0.2, 0.25) is 10.0 Å². The largest absolute Gasteiger partial charge is 0.461 e. The van der Waals surface area contributed by atoms with Crippen LogP contribution in [0.2, 0.25) is 0 Å². The minimum absolute atomic E-state index is 0.00193. The number of allylic oxidation sites excluding steroid dienone is 2. The number of benzene rings is 3. The smallest absolute Gasteiger partial charge is 0.310 e. The summed E-state index contributed by atoms with van der Waals surface area (Å²) < 4.78 is 59.1. The van der Waals surface area contributed by atoms with Crippen molar-refractivity contribution in [3.63, 3.8) is 0 Å². The molecule has 3 aromatic carbocycles. The Hall–Kier alpha value is -4.17. The van der Waals surface area contributed by atoms with Gasteiger partial charge in [0.15, 0.2) is 0 Å². The molecule has 600 valence electrons. The average molecular weight is 1510 g/mol. The molecule has 12 heteroatoms. The van der Waals surface area contributed by atoms with E-state index in [9.17, 15) is 23.1 Å². The Morgan fingerprint density at radius 3 is 1.41 bits per heavy atom. The summed E-state index contributed by atoms with van der Waals surface area (Å²) in [6.07, 6.45) is 18.2. The van der Waals surface area contributed by atoms with Crippen LogP contribution in [0.25, 0.3) is 0 Å². The van der Waals surface area contributed by atoms with Crippen molar-refractivity contribution in [3.8, 4) is 0 Å². The number of carbonyl (C=O) groups excluding carboxylic acids is 2. The van der Waals surface area contributed by atoms with Crippen LogP contribution in [0, 0.1) is 149 Å². The third-order valence-electron chi connectivity index (χ3n) is 35.2. The zero-order chi connectivity index (χ0) is 78.9. The summed E-state index contributed by atoms with van der Waals surface area (Å²) in [6.45, 7) is 61.0. The van der Waals surface area contributed by atoms with Crippen molar-refractivity contribution in [1.29, 1.82) is 0 Å². The number of nitrogens with zero attached hydrogens (tertiary/aromatic N) is 1. The number of rotatable bonds is 17. The van der Waals surface area contributed by atoms with Gasteiger partial charge in [0.05, 0.1) is 62.0 Å². The van der Waals surface area contributed by atoms with E-state index in [1.807, 2.05) is 74.5 Å². The van der Waals surface area contributed by atoms with Crippen LogP contribution in [0.15, 0.2) is 113 Å². The van der Waals surface area contributed by atoms with Gasteiger partial charge >= 0.3 is 11.9 Å². The van der Waals surface area contributed by atoms with Gasteiger partial charge in [-0.1, -0.05) is 254 Å². The zero-order valence-corrected chi connectivity index (χ0v) is 72.4. The molecule has 11 nitrogen and oxygen atoms in total.